The van der Waals surface area contributed by atoms with Gasteiger partial charge < -0.3 is 0 Å². The van der Waals surface area contributed by atoms with E-state index in [4.69, 9.17) is 4.98 Å². The molecule has 39 heavy (non-hydrogen) atoms. The molecule has 0 bridgehead atoms. The molecule has 3 heterocycles. The molecule has 5 aromatic carbocycles. The van der Waals surface area contributed by atoms with Gasteiger partial charge in [-0.05, 0) is 43.4 Å². The van der Waals surface area contributed by atoms with Crippen LogP contribution in [0.1, 0.15) is 0 Å². The number of fused-ring (bicyclic) bond motifs is 6. The second-order valence-corrected chi connectivity index (χ2v) is 10.9. The summed E-state index contributed by atoms with van der Waals surface area (Å²) < 4.78 is 2.58. The van der Waals surface area contributed by atoms with E-state index in [-0.39, 0.29) is 26.8 Å². The maximum atomic E-state index is 4.92. The van der Waals surface area contributed by atoms with E-state index in [1.54, 1.807) is 0 Å². The SMILES string of the molecule is [Ir].[c-]1c2c(cc3sc4ccccc4c13)B(c1c(-c3ccccc3)cccc1-c1ccccc1)c1cccnc1-2. The average Bonchev–Trinajstić information content (AvgIpc) is 3.51. The van der Waals surface area contributed by atoms with Gasteiger partial charge in [-0.2, -0.15) is 11.3 Å². The van der Waals surface area contributed by atoms with Crippen molar-refractivity contribution < 1.29 is 20.1 Å². The van der Waals surface area contributed by atoms with Crippen LogP contribution >= 0.6 is 11.3 Å². The smallest absolute Gasteiger partial charge is 0.195 e. The van der Waals surface area contributed by atoms with Crippen molar-refractivity contribution in [3.05, 3.63) is 134 Å². The van der Waals surface area contributed by atoms with Crippen LogP contribution in [0.2, 0.25) is 0 Å². The molecule has 1 aliphatic heterocycles. The number of pyridine rings is 1. The third-order valence-electron chi connectivity index (χ3n) is 7.71. The Morgan fingerprint density at radius 1 is 0.615 bits per heavy atom. The third-order valence-corrected chi connectivity index (χ3v) is 8.83. The normalized spacial score (nSPS) is 11.8. The zero-order valence-electron chi connectivity index (χ0n) is 20.9. The average molecular weight is 691 g/mol. The van der Waals surface area contributed by atoms with Gasteiger partial charge in [-0.1, -0.05) is 131 Å². The Labute approximate surface area is 245 Å². The van der Waals surface area contributed by atoms with Crippen LogP contribution in [0.15, 0.2) is 128 Å². The Morgan fingerprint density at radius 2 is 1.28 bits per heavy atom. The van der Waals surface area contributed by atoms with Gasteiger partial charge >= 0.3 is 0 Å². The molecule has 2 aromatic heterocycles. The van der Waals surface area contributed by atoms with Crippen molar-refractivity contribution in [1.82, 2.24) is 4.98 Å². The molecular formula is C35H21BIrNS-. The Morgan fingerprint density at radius 3 is 2.00 bits per heavy atom. The van der Waals surface area contributed by atoms with E-state index < -0.39 is 0 Å². The van der Waals surface area contributed by atoms with Crippen LogP contribution in [0.4, 0.5) is 0 Å². The summed E-state index contributed by atoms with van der Waals surface area (Å²) in [6.45, 7) is 0.0613. The Bertz CT molecular complexity index is 1920. The molecule has 7 aromatic rings. The van der Waals surface area contributed by atoms with E-state index in [2.05, 4.69) is 127 Å². The fourth-order valence-corrected chi connectivity index (χ4v) is 7.19. The summed E-state index contributed by atoms with van der Waals surface area (Å²) >= 11 is 1.85. The maximum Gasteiger partial charge on any atom is 0.195 e. The van der Waals surface area contributed by atoms with Crippen LogP contribution in [0, 0.1) is 6.07 Å². The molecule has 185 valence electrons. The van der Waals surface area contributed by atoms with Crippen molar-refractivity contribution in [3.63, 3.8) is 0 Å². The van der Waals surface area contributed by atoms with Crippen molar-refractivity contribution in [2.24, 2.45) is 0 Å². The maximum absolute atomic E-state index is 4.92. The molecule has 8 rings (SSSR count). The van der Waals surface area contributed by atoms with Gasteiger partial charge in [-0.25, -0.2) is 0 Å². The molecule has 0 fully saturated rings. The van der Waals surface area contributed by atoms with Crippen molar-refractivity contribution in [2.75, 3.05) is 0 Å². The molecule has 0 spiro atoms. The monoisotopic (exact) mass is 691 g/mol. The molecular weight excluding hydrogens is 669 g/mol. The Hall–Kier alpha value is -3.82. The van der Waals surface area contributed by atoms with Crippen molar-refractivity contribution in [2.45, 2.75) is 0 Å². The van der Waals surface area contributed by atoms with Gasteiger partial charge in [-0.15, -0.1) is 23.2 Å². The van der Waals surface area contributed by atoms with E-state index in [0.29, 0.717) is 0 Å². The van der Waals surface area contributed by atoms with Crippen molar-refractivity contribution in [3.8, 4) is 33.5 Å². The first-order valence-electron chi connectivity index (χ1n) is 12.9. The van der Waals surface area contributed by atoms with Crippen molar-refractivity contribution >= 4 is 54.6 Å². The summed E-state index contributed by atoms with van der Waals surface area (Å²) in [5.74, 6) is 0. The fourth-order valence-electron chi connectivity index (χ4n) is 6.08. The number of benzene rings is 5. The van der Waals surface area contributed by atoms with E-state index >= 15 is 0 Å². The summed E-state index contributed by atoms with van der Waals surface area (Å²) in [7, 11) is 0. The summed E-state index contributed by atoms with van der Waals surface area (Å²) in [4.78, 5) is 4.92. The van der Waals surface area contributed by atoms with Gasteiger partial charge in [0, 0.05) is 26.3 Å². The summed E-state index contributed by atoms with van der Waals surface area (Å²) in [5, 5.41) is 2.46. The molecule has 0 saturated carbocycles. The van der Waals surface area contributed by atoms with Crippen LogP contribution < -0.4 is 16.4 Å². The molecule has 1 nitrogen and oxygen atoms in total. The zero-order valence-corrected chi connectivity index (χ0v) is 24.1. The summed E-state index contributed by atoms with van der Waals surface area (Å²) in [6, 6.07) is 47.5. The molecule has 1 radical (unpaired) electrons. The minimum Gasteiger partial charge on any atom is -0.296 e. The molecule has 0 aliphatic carbocycles. The first kappa shape index (κ1) is 24.2. The summed E-state index contributed by atoms with van der Waals surface area (Å²) in [5.41, 5.74) is 11.0. The standard InChI is InChI=1S/C35H21BNS.Ir/c1-3-11-23(12-4-1)25-16-9-17-26(24-13-5-2-6-14-24)34(25)36-30-18-10-20-37-35(30)29-21-28-27-15-7-8-19-32(27)38-33(28)22-31(29)36;/h1-20,22H;/q-1;. The number of aromatic nitrogens is 1. The number of hydrogen-bond donors (Lipinski definition) is 0. The van der Waals surface area contributed by atoms with E-state index in [1.165, 1.54) is 58.8 Å². The molecule has 0 unspecified atom stereocenters. The second kappa shape index (κ2) is 9.73. The minimum atomic E-state index is 0. The van der Waals surface area contributed by atoms with Crippen LogP contribution in [-0.4, -0.2) is 11.7 Å². The van der Waals surface area contributed by atoms with Crippen LogP contribution in [0.5, 0.6) is 0 Å². The first-order valence-corrected chi connectivity index (χ1v) is 13.7. The Balaban J connectivity index is 0.00000253. The van der Waals surface area contributed by atoms with Crippen LogP contribution in [-0.2, 0) is 20.1 Å². The molecule has 1 aliphatic rings. The summed E-state index contributed by atoms with van der Waals surface area (Å²) in [6.07, 6.45) is 1.91. The number of hydrogen-bond acceptors (Lipinski definition) is 2. The van der Waals surface area contributed by atoms with Crippen LogP contribution in [0.25, 0.3) is 53.7 Å². The van der Waals surface area contributed by atoms with E-state index in [1.807, 2.05) is 17.5 Å². The molecule has 0 amide bonds. The predicted octanol–water partition coefficient (Wildman–Crippen LogP) is 7.08. The molecule has 0 N–H and O–H groups in total. The van der Waals surface area contributed by atoms with E-state index in [9.17, 15) is 0 Å². The predicted molar refractivity (Wildman–Crippen MR) is 163 cm³/mol. The van der Waals surface area contributed by atoms with E-state index in [0.717, 1.165) is 11.3 Å². The van der Waals surface area contributed by atoms with Gasteiger partial charge in [0.1, 0.15) is 0 Å². The molecule has 0 atom stereocenters. The molecule has 0 saturated heterocycles. The van der Waals surface area contributed by atoms with Gasteiger partial charge in [0.2, 0.25) is 0 Å². The van der Waals surface area contributed by atoms with Crippen LogP contribution in [0.3, 0.4) is 0 Å². The van der Waals surface area contributed by atoms with Gasteiger partial charge in [0.05, 0.1) is 0 Å². The first-order chi connectivity index (χ1) is 18.9. The zero-order chi connectivity index (χ0) is 25.1. The topological polar surface area (TPSA) is 12.9 Å². The van der Waals surface area contributed by atoms with Crippen molar-refractivity contribution in [1.29, 1.82) is 0 Å². The van der Waals surface area contributed by atoms with Gasteiger partial charge in [-0.3, -0.25) is 4.98 Å². The Kier molecular flexibility index (Phi) is 6.05. The molecule has 4 heteroatoms. The number of nitrogens with zero attached hydrogens (tertiary/aromatic N) is 1. The third kappa shape index (κ3) is 3.83. The number of thiophene rings is 1. The van der Waals surface area contributed by atoms with Gasteiger partial charge in [0.15, 0.2) is 6.71 Å². The van der Waals surface area contributed by atoms with Gasteiger partial charge in [0.25, 0.3) is 0 Å². The largest absolute Gasteiger partial charge is 0.296 e. The minimum absolute atomic E-state index is 0. The quantitative estimate of drug-likeness (QED) is 0.143. The fraction of sp³-hybridized carbons (Fsp3) is 0. The second-order valence-electron chi connectivity index (χ2n) is 9.81. The number of rotatable bonds is 3.